The first kappa shape index (κ1) is 29.2. The minimum Gasteiger partial charge on any atom is -0.211 e. The van der Waals surface area contributed by atoms with Crippen molar-refractivity contribution in [3.05, 3.63) is 0 Å². The number of hydrogen-bond acceptors (Lipinski definition) is 2. The fourth-order valence-electron chi connectivity index (χ4n) is 1.88. The van der Waals surface area contributed by atoms with Crippen LogP contribution in [0.3, 0.4) is 0 Å². The molecule has 0 radical (unpaired) electrons. The lowest BCUT2D eigenvalue weighted by Crippen LogP contribution is -2.75. The van der Waals surface area contributed by atoms with E-state index in [1.807, 2.05) is 4.99 Å². The Balaban J connectivity index is 6.86. The lowest BCUT2D eigenvalue weighted by molar-refractivity contribution is -0.462. The summed E-state index contributed by atoms with van der Waals surface area (Å²) in [4.78, 5) is 11.7. The molecule has 0 aliphatic carbocycles. The molecule has 0 saturated heterocycles. The predicted molar refractivity (Wildman–Crippen MR) is 62.9 cm³/mol. The standard InChI is InChI=1S/C12H6F17NO/c1-2-4(30-3-31)5(13,14)6(15,16)7(17,18)8(19,20)9(21,22)10(23,24)11(25,26)12(27,28)29/h4H,2H2,1H3. The van der Waals surface area contributed by atoms with Gasteiger partial charge in [0.1, 0.15) is 6.04 Å². The highest BCUT2D eigenvalue weighted by Crippen LogP contribution is 2.64. The van der Waals surface area contributed by atoms with Gasteiger partial charge in [0.2, 0.25) is 6.08 Å². The minimum atomic E-state index is -8.68. The van der Waals surface area contributed by atoms with Crippen LogP contribution in [0.4, 0.5) is 74.6 Å². The fourth-order valence-corrected chi connectivity index (χ4v) is 1.88. The summed E-state index contributed by atoms with van der Waals surface area (Å²) in [5.41, 5.74) is 0. The summed E-state index contributed by atoms with van der Waals surface area (Å²) >= 11 is 0. The smallest absolute Gasteiger partial charge is 0.211 e. The Kier molecular flexibility index (Phi) is 7.20. The molecule has 0 fully saturated rings. The van der Waals surface area contributed by atoms with E-state index in [0.717, 1.165) is 0 Å². The molecule has 2 nitrogen and oxygen atoms in total. The molecular formula is C12H6F17NO. The third-order valence-electron chi connectivity index (χ3n) is 3.76. The topological polar surface area (TPSA) is 29.4 Å². The van der Waals surface area contributed by atoms with Crippen molar-refractivity contribution in [1.29, 1.82) is 0 Å². The summed E-state index contributed by atoms with van der Waals surface area (Å²) in [7, 11) is 0. The van der Waals surface area contributed by atoms with Gasteiger partial charge in [-0.1, -0.05) is 6.92 Å². The lowest BCUT2D eigenvalue weighted by atomic mass is 9.87. The molecule has 0 aliphatic heterocycles. The van der Waals surface area contributed by atoms with Crippen LogP contribution in [0.2, 0.25) is 0 Å². The average Bonchev–Trinajstić information content (AvgIpc) is 2.57. The fraction of sp³-hybridized carbons (Fsp3) is 0.917. The molecule has 1 unspecified atom stereocenters. The number of hydrogen-bond donors (Lipinski definition) is 0. The molecule has 0 aromatic rings. The van der Waals surface area contributed by atoms with Gasteiger partial charge in [0.25, 0.3) is 0 Å². The Labute approximate surface area is 159 Å². The van der Waals surface area contributed by atoms with E-state index in [-0.39, 0.29) is 6.08 Å². The zero-order valence-corrected chi connectivity index (χ0v) is 14.1. The van der Waals surface area contributed by atoms with Gasteiger partial charge in [0.15, 0.2) is 0 Å². The zero-order valence-electron chi connectivity index (χ0n) is 14.1. The second kappa shape index (κ2) is 7.65. The Morgan fingerprint density at radius 2 is 0.871 bits per heavy atom. The monoisotopic (exact) mass is 503 g/mol. The van der Waals surface area contributed by atoms with Crippen molar-refractivity contribution in [2.45, 2.75) is 67.0 Å². The molecule has 0 aliphatic rings. The van der Waals surface area contributed by atoms with Gasteiger partial charge in [-0.25, -0.2) is 4.79 Å². The molecule has 184 valence electrons. The number of alkyl halides is 17. The Bertz CT molecular complexity index is 702. The van der Waals surface area contributed by atoms with Crippen molar-refractivity contribution in [2.75, 3.05) is 0 Å². The molecule has 0 rings (SSSR count). The molecule has 0 spiro atoms. The van der Waals surface area contributed by atoms with Crippen molar-refractivity contribution in [3.63, 3.8) is 0 Å². The van der Waals surface area contributed by atoms with E-state index in [1.54, 1.807) is 0 Å². The quantitative estimate of drug-likeness (QED) is 0.212. The summed E-state index contributed by atoms with van der Waals surface area (Å²) in [5.74, 6) is -57.0. The van der Waals surface area contributed by atoms with E-state index < -0.39 is 60.1 Å². The highest BCUT2D eigenvalue weighted by molar-refractivity contribution is 5.34. The van der Waals surface area contributed by atoms with Gasteiger partial charge in [-0.2, -0.15) is 79.6 Å². The number of carbonyl (C=O) groups excluding carboxylic acids is 1. The van der Waals surface area contributed by atoms with Crippen LogP contribution in [0.5, 0.6) is 0 Å². The van der Waals surface area contributed by atoms with Crippen molar-refractivity contribution < 1.29 is 79.4 Å². The average molecular weight is 503 g/mol. The van der Waals surface area contributed by atoms with Gasteiger partial charge >= 0.3 is 47.6 Å². The first-order valence-electron chi connectivity index (χ1n) is 7.05. The number of isocyanates is 1. The van der Waals surface area contributed by atoms with Crippen LogP contribution in [-0.4, -0.2) is 59.8 Å². The second-order valence-corrected chi connectivity index (χ2v) is 5.71. The van der Waals surface area contributed by atoms with Crippen LogP contribution in [0.25, 0.3) is 0 Å². The van der Waals surface area contributed by atoms with E-state index in [0.29, 0.717) is 6.92 Å². The summed E-state index contributed by atoms with van der Waals surface area (Å²) in [6.07, 6.45) is -9.26. The van der Waals surface area contributed by atoms with E-state index in [9.17, 15) is 79.4 Å². The number of rotatable bonds is 9. The largest absolute Gasteiger partial charge is 0.460 e. The van der Waals surface area contributed by atoms with Crippen molar-refractivity contribution in [3.8, 4) is 0 Å². The molecule has 0 N–H and O–H groups in total. The summed E-state index contributed by atoms with van der Waals surface area (Å²) in [6, 6.07) is -3.70. The van der Waals surface area contributed by atoms with Crippen molar-refractivity contribution >= 4 is 6.08 Å². The minimum absolute atomic E-state index is 0.115. The number of aliphatic imine (C=N–C) groups is 1. The van der Waals surface area contributed by atoms with E-state index in [4.69, 9.17) is 0 Å². The molecular weight excluding hydrogens is 497 g/mol. The molecule has 31 heavy (non-hydrogen) atoms. The van der Waals surface area contributed by atoms with E-state index in [1.165, 1.54) is 0 Å². The Hall–Kier alpha value is -1.81. The third kappa shape index (κ3) is 3.71. The number of nitrogens with zero attached hydrogens (tertiary/aromatic N) is 1. The first-order valence-corrected chi connectivity index (χ1v) is 7.05. The Morgan fingerprint density at radius 3 is 1.13 bits per heavy atom. The third-order valence-corrected chi connectivity index (χ3v) is 3.76. The normalized spacial score (nSPS) is 16.7. The first-order chi connectivity index (χ1) is 13.3. The van der Waals surface area contributed by atoms with Crippen molar-refractivity contribution in [2.24, 2.45) is 4.99 Å². The van der Waals surface area contributed by atoms with Gasteiger partial charge in [-0.05, 0) is 6.42 Å². The molecule has 0 aromatic carbocycles. The highest BCUT2D eigenvalue weighted by atomic mass is 19.4. The van der Waals surface area contributed by atoms with Gasteiger partial charge in [0.05, 0.1) is 0 Å². The lowest BCUT2D eigenvalue weighted by Gasteiger charge is -2.43. The summed E-state index contributed by atoms with van der Waals surface area (Å²) in [6.45, 7) is 0.387. The van der Waals surface area contributed by atoms with Gasteiger partial charge < -0.3 is 0 Å². The predicted octanol–water partition coefficient (Wildman–Crippen LogP) is 6.11. The second-order valence-electron chi connectivity index (χ2n) is 5.71. The SMILES string of the molecule is CCC(N=C=O)C(F)(F)C(F)(F)C(F)(F)C(F)(F)C(F)(F)C(F)(F)C(F)(F)C(F)(F)F. The molecule has 0 amide bonds. The maximum Gasteiger partial charge on any atom is 0.460 e. The molecule has 0 heterocycles. The van der Waals surface area contributed by atoms with Gasteiger partial charge in [-0.15, -0.1) is 0 Å². The number of halogens is 17. The summed E-state index contributed by atoms with van der Waals surface area (Å²) in [5, 5.41) is 0. The molecule has 19 heteroatoms. The van der Waals surface area contributed by atoms with Gasteiger partial charge in [-0.3, -0.25) is 0 Å². The molecule has 1 atom stereocenters. The van der Waals surface area contributed by atoms with Crippen molar-refractivity contribution in [1.82, 2.24) is 0 Å². The van der Waals surface area contributed by atoms with Gasteiger partial charge in [0, 0.05) is 0 Å². The van der Waals surface area contributed by atoms with Crippen LogP contribution in [0.15, 0.2) is 4.99 Å². The van der Waals surface area contributed by atoms with Crippen LogP contribution >= 0.6 is 0 Å². The maximum absolute atomic E-state index is 13.6. The summed E-state index contributed by atoms with van der Waals surface area (Å²) < 4.78 is 221. The maximum atomic E-state index is 13.6. The molecule has 0 saturated carbocycles. The zero-order chi connectivity index (χ0) is 25.7. The van der Waals surface area contributed by atoms with Crippen LogP contribution in [0.1, 0.15) is 13.3 Å². The van der Waals surface area contributed by atoms with Crippen LogP contribution < -0.4 is 0 Å². The Morgan fingerprint density at radius 1 is 0.581 bits per heavy atom. The molecule has 0 aromatic heterocycles. The molecule has 0 bridgehead atoms. The highest BCUT2D eigenvalue weighted by Gasteiger charge is 2.95. The van der Waals surface area contributed by atoms with Crippen LogP contribution in [-0.2, 0) is 4.79 Å². The van der Waals surface area contributed by atoms with E-state index >= 15 is 0 Å². The van der Waals surface area contributed by atoms with Crippen LogP contribution in [0, 0.1) is 0 Å². The van der Waals surface area contributed by atoms with E-state index in [2.05, 4.69) is 0 Å².